The van der Waals surface area contributed by atoms with Crippen molar-refractivity contribution in [1.29, 1.82) is 0 Å². The number of aromatic nitrogens is 2. The number of anilines is 1. The molecule has 2 aromatic rings. The minimum absolute atomic E-state index is 0.333. The average molecular weight is 276 g/mol. The first-order valence-corrected chi connectivity index (χ1v) is 7.25. The SMILES string of the molecule is Cc1nc(C)c(C(C)NCCc2ccc(N)cn2)s1. The van der Waals surface area contributed by atoms with Crippen molar-refractivity contribution >= 4 is 17.0 Å². The predicted molar refractivity (Wildman–Crippen MR) is 80.4 cm³/mol. The molecule has 0 aliphatic heterocycles. The van der Waals surface area contributed by atoms with Crippen molar-refractivity contribution in [2.45, 2.75) is 33.2 Å². The van der Waals surface area contributed by atoms with E-state index < -0.39 is 0 Å². The van der Waals surface area contributed by atoms with Gasteiger partial charge in [0.25, 0.3) is 0 Å². The number of rotatable bonds is 5. The minimum Gasteiger partial charge on any atom is -0.397 e. The molecule has 2 heterocycles. The average Bonchev–Trinajstić information content (AvgIpc) is 2.71. The summed E-state index contributed by atoms with van der Waals surface area (Å²) in [5.74, 6) is 0. The maximum atomic E-state index is 5.61. The van der Waals surface area contributed by atoms with Crippen molar-refractivity contribution in [2.75, 3.05) is 12.3 Å². The fraction of sp³-hybridized carbons (Fsp3) is 0.429. The number of thiazole rings is 1. The monoisotopic (exact) mass is 276 g/mol. The van der Waals surface area contributed by atoms with Crippen molar-refractivity contribution in [3.8, 4) is 0 Å². The van der Waals surface area contributed by atoms with Gasteiger partial charge in [0.05, 0.1) is 22.6 Å². The maximum absolute atomic E-state index is 5.61. The van der Waals surface area contributed by atoms with E-state index in [1.54, 1.807) is 17.5 Å². The smallest absolute Gasteiger partial charge is 0.0900 e. The highest BCUT2D eigenvalue weighted by molar-refractivity contribution is 7.11. The van der Waals surface area contributed by atoms with Gasteiger partial charge in [0.1, 0.15) is 0 Å². The van der Waals surface area contributed by atoms with Gasteiger partial charge < -0.3 is 11.1 Å². The molecule has 0 radical (unpaired) electrons. The van der Waals surface area contributed by atoms with Gasteiger partial charge in [-0.1, -0.05) is 0 Å². The third-order valence-electron chi connectivity index (χ3n) is 3.01. The summed E-state index contributed by atoms with van der Waals surface area (Å²) in [5.41, 5.74) is 8.52. The van der Waals surface area contributed by atoms with E-state index in [1.807, 2.05) is 19.1 Å². The highest BCUT2D eigenvalue weighted by Gasteiger charge is 2.12. The van der Waals surface area contributed by atoms with E-state index in [0.29, 0.717) is 11.7 Å². The number of nitrogens with two attached hydrogens (primary N) is 1. The van der Waals surface area contributed by atoms with Crippen LogP contribution in [0.2, 0.25) is 0 Å². The molecule has 0 saturated carbocycles. The number of nitrogens with zero attached hydrogens (tertiary/aromatic N) is 2. The largest absolute Gasteiger partial charge is 0.397 e. The topological polar surface area (TPSA) is 63.8 Å². The highest BCUT2D eigenvalue weighted by atomic mass is 32.1. The molecule has 4 nitrogen and oxygen atoms in total. The van der Waals surface area contributed by atoms with Gasteiger partial charge in [-0.25, -0.2) is 4.98 Å². The van der Waals surface area contributed by atoms with Gasteiger partial charge in [-0.15, -0.1) is 11.3 Å². The Balaban J connectivity index is 1.85. The van der Waals surface area contributed by atoms with E-state index in [0.717, 1.165) is 29.4 Å². The fourth-order valence-electron chi connectivity index (χ4n) is 2.04. The number of pyridine rings is 1. The van der Waals surface area contributed by atoms with Gasteiger partial charge in [0, 0.05) is 29.6 Å². The summed E-state index contributed by atoms with van der Waals surface area (Å²) in [4.78, 5) is 10.1. The lowest BCUT2D eigenvalue weighted by Crippen LogP contribution is -2.21. The molecular formula is C14H20N4S. The summed E-state index contributed by atoms with van der Waals surface area (Å²) in [6.07, 6.45) is 2.61. The van der Waals surface area contributed by atoms with Crippen LogP contribution in [0.5, 0.6) is 0 Å². The second-order valence-electron chi connectivity index (χ2n) is 4.69. The van der Waals surface area contributed by atoms with Crippen LogP contribution in [-0.2, 0) is 6.42 Å². The number of nitrogens with one attached hydrogen (secondary N) is 1. The van der Waals surface area contributed by atoms with Gasteiger partial charge in [0.2, 0.25) is 0 Å². The first kappa shape index (κ1) is 14.0. The lowest BCUT2D eigenvalue weighted by atomic mass is 10.2. The number of hydrogen-bond donors (Lipinski definition) is 2. The second kappa shape index (κ2) is 6.12. The Bertz CT molecular complexity index is 533. The van der Waals surface area contributed by atoms with Gasteiger partial charge in [-0.05, 0) is 32.9 Å². The zero-order valence-electron chi connectivity index (χ0n) is 11.6. The van der Waals surface area contributed by atoms with Gasteiger partial charge in [-0.3, -0.25) is 4.98 Å². The standard InChI is InChI=1S/C14H20N4S/c1-9(14-10(2)18-11(3)19-14)16-7-6-13-5-4-12(15)8-17-13/h4-5,8-9,16H,6-7,15H2,1-3H3. The highest BCUT2D eigenvalue weighted by Crippen LogP contribution is 2.24. The molecule has 0 aliphatic rings. The molecule has 0 spiro atoms. The summed E-state index contributed by atoms with van der Waals surface area (Å²) in [6.45, 7) is 7.19. The van der Waals surface area contributed by atoms with Crippen LogP contribution in [0.15, 0.2) is 18.3 Å². The molecule has 0 fully saturated rings. The molecule has 5 heteroatoms. The molecule has 2 rings (SSSR count). The van der Waals surface area contributed by atoms with Crippen LogP contribution >= 0.6 is 11.3 Å². The van der Waals surface area contributed by atoms with Crippen molar-refractivity contribution < 1.29 is 0 Å². The number of aryl methyl sites for hydroxylation is 2. The van der Waals surface area contributed by atoms with Crippen LogP contribution in [0.3, 0.4) is 0 Å². The Morgan fingerprint density at radius 1 is 1.37 bits per heavy atom. The summed E-state index contributed by atoms with van der Waals surface area (Å²) < 4.78 is 0. The summed E-state index contributed by atoms with van der Waals surface area (Å²) in [5, 5.41) is 4.64. The van der Waals surface area contributed by atoms with Gasteiger partial charge >= 0.3 is 0 Å². The lowest BCUT2D eigenvalue weighted by molar-refractivity contribution is 0.578. The van der Waals surface area contributed by atoms with E-state index in [9.17, 15) is 0 Å². The minimum atomic E-state index is 0.333. The Morgan fingerprint density at radius 2 is 2.16 bits per heavy atom. The van der Waals surface area contributed by atoms with Crippen LogP contribution in [0.1, 0.15) is 34.2 Å². The zero-order chi connectivity index (χ0) is 13.8. The summed E-state index contributed by atoms with van der Waals surface area (Å²) in [6, 6.07) is 4.20. The van der Waals surface area contributed by atoms with Gasteiger partial charge in [0.15, 0.2) is 0 Å². The molecule has 2 aromatic heterocycles. The number of nitrogen functional groups attached to an aromatic ring is 1. The Kier molecular flexibility index (Phi) is 4.50. The van der Waals surface area contributed by atoms with E-state index >= 15 is 0 Å². The van der Waals surface area contributed by atoms with E-state index in [-0.39, 0.29) is 0 Å². The third kappa shape index (κ3) is 3.75. The van der Waals surface area contributed by atoms with Crippen LogP contribution in [0, 0.1) is 13.8 Å². The van der Waals surface area contributed by atoms with E-state index in [4.69, 9.17) is 5.73 Å². The Morgan fingerprint density at radius 3 is 2.74 bits per heavy atom. The lowest BCUT2D eigenvalue weighted by Gasteiger charge is -2.12. The Hall–Kier alpha value is -1.46. The normalized spacial score (nSPS) is 12.6. The maximum Gasteiger partial charge on any atom is 0.0900 e. The van der Waals surface area contributed by atoms with Gasteiger partial charge in [-0.2, -0.15) is 0 Å². The molecule has 0 aromatic carbocycles. The van der Waals surface area contributed by atoms with Crippen LogP contribution < -0.4 is 11.1 Å². The fourth-order valence-corrected chi connectivity index (χ4v) is 3.00. The van der Waals surface area contributed by atoms with Crippen LogP contribution in [-0.4, -0.2) is 16.5 Å². The van der Waals surface area contributed by atoms with Crippen molar-refractivity contribution in [2.24, 2.45) is 0 Å². The molecule has 102 valence electrons. The molecule has 19 heavy (non-hydrogen) atoms. The molecule has 3 N–H and O–H groups in total. The first-order chi connectivity index (χ1) is 9.06. The molecule has 0 bridgehead atoms. The predicted octanol–water partition coefficient (Wildman–Crippen LogP) is 2.63. The van der Waals surface area contributed by atoms with Crippen LogP contribution in [0.4, 0.5) is 5.69 Å². The molecule has 0 aliphatic carbocycles. The zero-order valence-corrected chi connectivity index (χ0v) is 12.4. The second-order valence-corrected chi connectivity index (χ2v) is 5.93. The molecule has 0 saturated heterocycles. The molecule has 1 atom stereocenters. The molecule has 0 amide bonds. The van der Waals surface area contributed by atoms with E-state index in [1.165, 1.54) is 4.88 Å². The van der Waals surface area contributed by atoms with Crippen LogP contribution in [0.25, 0.3) is 0 Å². The van der Waals surface area contributed by atoms with Crippen molar-refractivity contribution in [1.82, 2.24) is 15.3 Å². The van der Waals surface area contributed by atoms with E-state index in [2.05, 4.69) is 29.1 Å². The van der Waals surface area contributed by atoms with Crippen molar-refractivity contribution in [3.63, 3.8) is 0 Å². The third-order valence-corrected chi connectivity index (χ3v) is 4.27. The molecular weight excluding hydrogens is 256 g/mol. The Labute approximate surface area is 118 Å². The first-order valence-electron chi connectivity index (χ1n) is 6.44. The quantitative estimate of drug-likeness (QED) is 0.881. The summed E-state index contributed by atoms with van der Waals surface area (Å²) >= 11 is 1.76. The van der Waals surface area contributed by atoms with Crippen molar-refractivity contribution in [3.05, 3.63) is 39.6 Å². The molecule has 1 unspecified atom stereocenters. The number of hydrogen-bond acceptors (Lipinski definition) is 5. The summed E-state index contributed by atoms with van der Waals surface area (Å²) in [7, 11) is 0.